The molecule has 0 bridgehead atoms. The lowest BCUT2D eigenvalue weighted by molar-refractivity contribution is 0.611. The second-order valence-corrected chi connectivity index (χ2v) is 6.23. The predicted molar refractivity (Wildman–Crippen MR) is 64.4 cm³/mol. The summed E-state index contributed by atoms with van der Waals surface area (Å²) in [5.41, 5.74) is 0.427. The van der Waals surface area contributed by atoms with Gasteiger partial charge in [0, 0.05) is 24.0 Å². The van der Waals surface area contributed by atoms with Gasteiger partial charge in [-0.1, -0.05) is 27.7 Å². The molecule has 1 aromatic rings. The summed E-state index contributed by atoms with van der Waals surface area (Å²) in [6, 6.07) is 0. The number of aromatic nitrogens is 2. The molecule has 0 aromatic carbocycles. The van der Waals surface area contributed by atoms with E-state index < -0.39 is 0 Å². The molecule has 0 spiro atoms. The molecule has 0 aliphatic heterocycles. The van der Waals surface area contributed by atoms with Crippen molar-refractivity contribution in [1.29, 1.82) is 0 Å². The lowest BCUT2D eigenvalue weighted by Gasteiger charge is -2.03. The van der Waals surface area contributed by atoms with Crippen LogP contribution in [0, 0.1) is 11.3 Å². The Bertz CT molecular complexity index is 343. The van der Waals surface area contributed by atoms with Crippen molar-refractivity contribution in [3.8, 4) is 0 Å². The monoisotopic (exact) mass is 225 g/mol. The van der Waals surface area contributed by atoms with Crippen LogP contribution in [0.1, 0.15) is 45.9 Å². The van der Waals surface area contributed by atoms with E-state index in [9.17, 15) is 0 Å². The highest BCUT2D eigenvalue weighted by atomic mass is 32.1. The van der Waals surface area contributed by atoms with Gasteiger partial charge in [0.05, 0.1) is 0 Å². The van der Waals surface area contributed by atoms with Crippen LogP contribution in [0.3, 0.4) is 0 Å². The fraction of sp³-hybridized carbons (Fsp3) is 0.818. The number of hydrogen-bond donors (Lipinski definition) is 1. The van der Waals surface area contributed by atoms with Gasteiger partial charge in [0.1, 0.15) is 5.82 Å². The Balaban J connectivity index is 1.93. The first-order valence-corrected chi connectivity index (χ1v) is 6.34. The van der Waals surface area contributed by atoms with E-state index in [1.165, 1.54) is 18.0 Å². The SMILES string of the molecule is CC(C)CNc1nc(C2CC2(C)C)ns1. The molecule has 1 atom stereocenters. The fourth-order valence-electron chi connectivity index (χ4n) is 1.65. The maximum atomic E-state index is 4.54. The molecule has 1 heterocycles. The van der Waals surface area contributed by atoms with Crippen molar-refractivity contribution in [2.24, 2.45) is 11.3 Å². The van der Waals surface area contributed by atoms with Crippen molar-refractivity contribution < 1.29 is 0 Å². The van der Waals surface area contributed by atoms with Crippen LogP contribution in [0.25, 0.3) is 0 Å². The number of hydrogen-bond acceptors (Lipinski definition) is 4. The van der Waals surface area contributed by atoms with Gasteiger partial charge in [-0.05, 0) is 17.8 Å². The Kier molecular flexibility index (Phi) is 2.71. The van der Waals surface area contributed by atoms with Crippen LogP contribution in [0.15, 0.2) is 0 Å². The third-order valence-corrected chi connectivity index (χ3v) is 3.62. The zero-order valence-electron chi connectivity index (χ0n) is 9.87. The molecule has 1 unspecified atom stereocenters. The van der Waals surface area contributed by atoms with Crippen molar-refractivity contribution in [3.63, 3.8) is 0 Å². The van der Waals surface area contributed by atoms with E-state index >= 15 is 0 Å². The normalized spacial score (nSPS) is 23.1. The molecule has 0 radical (unpaired) electrons. The van der Waals surface area contributed by atoms with Gasteiger partial charge >= 0.3 is 0 Å². The fourth-order valence-corrected chi connectivity index (χ4v) is 2.28. The van der Waals surface area contributed by atoms with Crippen LogP contribution in [0.2, 0.25) is 0 Å². The van der Waals surface area contributed by atoms with E-state index in [1.54, 1.807) is 0 Å². The van der Waals surface area contributed by atoms with Crippen LogP contribution >= 0.6 is 11.5 Å². The third kappa shape index (κ3) is 2.48. The molecule has 1 saturated carbocycles. The maximum Gasteiger partial charge on any atom is 0.202 e. The zero-order valence-corrected chi connectivity index (χ0v) is 10.7. The smallest absolute Gasteiger partial charge is 0.202 e. The second-order valence-electron chi connectivity index (χ2n) is 5.48. The summed E-state index contributed by atoms with van der Waals surface area (Å²) in [6.07, 6.45) is 1.23. The van der Waals surface area contributed by atoms with Crippen molar-refractivity contribution in [3.05, 3.63) is 5.82 Å². The van der Waals surface area contributed by atoms with E-state index in [4.69, 9.17) is 0 Å². The highest BCUT2D eigenvalue weighted by molar-refractivity contribution is 7.09. The predicted octanol–water partition coefficient (Wildman–Crippen LogP) is 3.12. The molecule has 0 saturated heterocycles. The van der Waals surface area contributed by atoms with Crippen LogP contribution in [0.5, 0.6) is 0 Å². The molecule has 4 heteroatoms. The topological polar surface area (TPSA) is 37.8 Å². The Hall–Kier alpha value is -0.640. The first-order valence-electron chi connectivity index (χ1n) is 5.56. The third-order valence-electron chi connectivity index (χ3n) is 2.93. The summed E-state index contributed by atoms with van der Waals surface area (Å²) in [6.45, 7) is 9.92. The van der Waals surface area contributed by atoms with Gasteiger partial charge in [-0.2, -0.15) is 4.37 Å². The molecule has 1 aliphatic carbocycles. The molecule has 1 aromatic heterocycles. The number of rotatable bonds is 4. The van der Waals surface area contributed by atoms with Gasteiger partial charge < -0.3 is 5.32 Å². The van der Waals surface area contributed by atoms with Gasteiger partial charge in [0.25, 0.3) is 0 Å². The van der Waals surface area contributed by atoms with E-state index in [0.29, 0.717) is 17.3 Å². The van der Waals surface area contributed by atoms with Gasteiger partial charge in [-0.25, -0.2) is 4.98 Å². The highest BCUT2D eigenvalue weighted by Crippen LogP contribution is 2.57. The summed E-state index contributed by atoms with van der Waals surface area (Å²) in [7, 11) is 0. The van der Waals surface area contributed by atoms with Gasteiger partial charge in [0.15, 0.2) is 0 Å². The first-order chi connectivity index (χ1) is 6.99. The van der Waals surface area contributed by atoms with Gasteiger partial charge in [0.2, 0.25) is 5.13 Å². The summed E-state index contributed by atoms with van der Waals surface area (Å²) >= 11 is 1.49. The average Bonchev–Trinajstić information content (AvgIpc) is 2.63. The van der Waals surface area contributed by atoms with E-state index in [-0.39, 0.29) is 0 Å². The largest absolute Gasteiger partial charge is 0.360 e. The molecule has 84 valence electrons. The van der Waals surface area contributed by atoms with Crippen molar-refractivity contribution in [1.82, 2.24) is 9.36 Å². The molecule has 3 nitrogen and oxygen atoms in total. The zero-order chi connectivity index (χ0) is 11.1. The number of nitrogens with zero attached hydrogens (tertiary/aromatic N) is 2. The average molecular weight is 225 g/mol. The van der Waals surface area contributed by atoms with Crippen molar-refractivity contribution in [2.75, 3.05) is 11.9 Å². The molecule has 1 N–H and O–H groups in total. The number of anilines is 1. The first kappa shape index (κ1) is 10.9. The van der Waals surface area contributed by atoms with Crippen LogP contribution < -0.4 is 5.32 Å². The Morgan fingerprint density at radius 3 is 2.73 bits per heavy atom. The van der Waals surface area contributed by atoms with Crippen LogP contribution in [-0.4, -0.2) is 15.9 Å². The molecular formula is C11H19N3S. The van der Waals surface area contributed by atoms with Crippen molar-refractivity contribution in [2.45, 2.75) is 40.0 Å². The van der Waals surface area contributed by atoms with E-state index in [2.05, 4.69) is 42.4 Å². The second kappa shape index (κ2) is 3.74. The van der Waals surface area contributed by atoms with Crippen LogP contribution in [-0.2, 0) is 0 Å². The lowest BCUT2D eigenvalue weighted by Crippen LogP contribution is -2.07. The van der Waals surface area contributed by atoms with Gasteiger partial charge in [-0.3, -0.25) is 0 Å². The molecule has 1 fully saturated rings. The highest BCUT2D eigenvalue weighted by Gasteiger charge is 2.49. The number of nitrogens with one attached hydrogen (secondary N) is 1. The molecular weight excluding hydrogens is 206 g/mol. The van der Waals surface area contributed by atoms with Gasteiger partial charge in [-0.15, -0.1) is 0 Å². The lowest BCUT2D eigenvalue weighted by atomic mass is 10.1. The van der Waals surface area contributed by atoms with E-state index in [1.807, 2.05) is 0 Å². The quantitative estimate of drug-likeness (QED) is 0.855. The molecule has 0 amide bonds. The summed E-state index contributed by atoms with van der Waals surface area (Å²) < 4.78 is 4.42. The standard InChI is InChI=1S/C11H19N3S/c1-7(2)6-12-10-13-9(14-15-10)8-5-11(8,3)4/h7-8H,5-6H2,1-4H3,(H,12,13,14). The molecule has 15 heavy (non-hydrogen) atoms. The minimum atomic E-state index is 0.427. The Morgan fingerprint density at radius 1 is 1.53 bits per heavy atom. The minimum absolute atomic E-state index is 0.427. The van der Waals surface area contributed by atoms with E-state index in [0.717, 1.165) is 17.5 Å². The minimum Gasteiger partial charge on any atom is -0.360 e. The molecule has 1 aliphatic rings. The summed E-state index contributed by atoms with van der Waals surface area (Å²) in [5.74, 6) is 2.27. The van der Waals surface area contributed by atoms with Crippen molar-refractivity contribution >= 4 is 16.7 Å². The maximum absolute atomic E-state index is 4.54. The summed E-state index contributed by atoms with van der Waals surface area (Å²) in [4.78, 5) is 4.54. The Morgan fingerprint density at radius 2 is 2.20 bits per heavy atom. The summed E-state index contributed by atoms with van der Waals surface area (Å²) in [5, 5.41) is 4.29. The van der Waals surface area contributed by atoms with Crippen LogP contribution in [0.4, 0.5) is 5.13 Å². The Labute approximate surface area is 95.5 Å². The molecule has 2 rings (SSSR count).